The van der Waals surface area contributed by atoms with Gasteiger partial charge in [-0.2, -0.15) is 0 Å². The number of imidazole rings is 1. The number of ether oxygens (including phenoxy) is 1. The zero-order chi connectivity index (χ0) is 29.7. The standard InChI is InChI=1S/C29H37N3O.C5H11NO2/c1-5-19(6-2)18(4)22(7-3)23-12-13-24(28-21-11-10-20(15-21)27(23)28)25-16-30-29(31-25)26-9-8-14-32(26)17-33;1-4(2)6-5(7)8-3/h7,12-13,16-17,19-21,26H,4-6,8-11,14-15H2,1-3H3,(H,30,31);4H,1-3H3,(H,6,7)/b22-7+;. The number of likely N-dealkylation sites (tertiary alicyclic amines) is 1. The molecule has 2 aromatic rings. The lowest BCUT2D eigenvalue weighted by molar-refractivity contribution is -0.119. The van der Waals surface area contributed by atoms with Crippen molar-refractivity contribution in [1.29, 1.82) is 0 Å². The van der Waals surface area contributed by atoms with Crippen molar-refractivity contribution in [2.75, 3.05) is 13.7 Å². The molecule has 2 amide bonds. The number of rotatable bonds is 9. The highest BCUT2D eigenvalue weighted by Crippen LogP contribution is 2.58. The number of fused-ring (bicyclic) bond motifs is 5. The van der Waals surface area contributed by atoms with E-state index in [-0.39, 0.29) is 18.2 Å². The van der Waals surface area contributed by atoms with Crippen LogP contribution in [0.4, 0.5) is 4.79 Å². The van der Waals surface area contributed by atoms with Gasteiger partial charge in [0, 0.05) is 18.2 Å². The molecule has 5 rings (SSSR count). The van der Waals surface area contributed by atoms with Gasteiger partial charge in [0.1, 0.15) is 5.82 Å². The van der Waals surface area contributed by atoms with Crippen LogP contribution in [-0.2, 0) is 9.53 Å². The Labute approximate surface area is 245 Å². The van der Waals surface area contributed by atoms with E-state index in [9.17, 15) is 9.59 Å². The smallest absolute Gasteiger partial charge is 0.407 e. The second-order valence-electron chi connectivity index (χ2n) is 11.9. The van der Waals surface area contributed by atoms with Crippen LogP contribution in [0, 0.1) is 5.92 Å². The van der Waals surface area contributed by atoms with Gasteiger partial charge in [0.05, 0.1) is 25.0 Å². The number of alkyl carbamates (subject to hydrolysis) is 1. The maximum atomic E-state index is 11.5. The molecule has 2 bridgehead atoms. The molecule has 1 saturated heterocycles. The minimum atomic E-state index is -0.375. The normalized spacial score (nSPS) is 21.1. The Morgan fingerprint density at radius 2 is 1.90 bits per heavy atom. The maximum Gasteiger partial charge on any atom is 0.407 e. The summed E-state index contributed by atoms with van der Waals surface area (Å²) in [6.07, 6.45) is 13.0. The summed E-state index contributed by atoms with van der Waals surface area (Å²) in [6, 6.07) is 4.88. The molecule has 1 saturated carbocycles. The molecular weight excluding hydrogens is 512 g/mol. The molecule has 41 heavy (non-hydrogen) atoms. The number of nitrogens with one attached hydrogen (secondary N) is 2. The monoisotopic (exact) mass is 560 g/mol. The topological polar surface area (TPSA) is 87.3 Å². The van der Waals surface area contributed by atoms with E-state index < -0.39 is 0 Å². The van der Waals surface area contributed by atoms with Crippen LogP contribution in [0.3, 0.4) is 0 Å². The minimum Gasteiger partial charge on any atom is -0.453 e. The van der Waals surface area contributed by atoms with Crippen molar-refractivity contribution in [3.63, 3.8) is 0 Å². The van der Waals surface area contributed by atoms with Gasteiger partial charge in [0.2, 0.25) is 6.41 Å². The van der Waals surface area contributed by atoms with Crippen molar-refractivity contribution in [2.24, 2.45) is 5.92 Å². The lowest BCUT2D eigenvalue weighted by Crippen LogP contribution is -2.29. The van der Waals surface area contributed by atoms with E-state index in [0.29, 0.717) is 17.8 Å². The van der Waals surface area contributed by atoms with Crippen LogP contribution < -0.4 is 5.32 Å². The van der Waals surface area contributed by atoms with E-state index in [1.165, 1.54) is 54.2 Å². The first-order chi connectivity index (χ1) is 19.8. The molecule has 7 nitrogen and oxygen atoms in total. The number of methoxy groups -OCH3 is 1. The van der Waals surface area contributed by atoms with E-state index in [1.807, 2.05) is 24.9 Å². The molecule has 2 fully saturated rings. The molecule has 2 aliphatic carbocycles. The van der Waals surface area contributed by atoms with Crippen LogP contribution in [-0.4, -0.2) is 47.1 Å². The Hall–Kier alpha value is -3.35. The summed E-state index contributed by atoms with van der Waals surface area (Å²) in [5.41, 5.74) is 9.54. The van der Waals surface area contributed by atoms with Crippen LogP contribution in [0.5, 0.6) is 0 Å². The highest BCUT2D eigenvalue weighted by atomic mass is 16.5. The van der Waals surface area contributed by atoms with E-state index in [1.54, 1.807) is 5.56 Å². The van der Waals surface area contributed by atoms with Gasteiger partial charge in [-0.15, -0.1) is 0 Å². The van der Waals surface area contributed by atoms with Crippen molar-refractivity contribution in [3.05, 3.63) is 59.1 Å². The van der Waals surface area contributed by atoms with Crippen LogP contribution in [0.1, 0.15) is 120 Å². The van der Waals surface area contributed by atoms with Gasteiger partial charge in [-0.1, -0.05) is 38.6 Å². The van der Waals surface area contributed by atoms with Crippen molar-refractivity contribution in [3.8, 4) is 11.3 Å². The van der Waals surface area contributed by atoms with E-state index in [0.717, 1.165) is 50.2 Å². The summed E-state index contributed by atoms with van der Waals surface area (Å²) >= 11 is 0. The molecule has 222 valence electrons. The molecule has 2 N–H and O–H groups in total. The van der Waals surface area contributed by atoms with Gasteiger partial charge in [-0.3, -0.25) is 4.79 Å². The fraction of sp³-hybridized carbons (Fsp3) is 0.559. The van der Waals surface area contributed by atoms with Crippen LogP contribution >= 0.6 is 0 Å². The molecule has 7 heteroatoms. The zero-order valence-electron chi connectivity index (χ0n) is 25.8. The minimum absolute atomic E-state index is 0.0815. The van der Waals surface area contributed by atoms with E-state index >= 15 is 0 Å². The van der Waals surface area contributed by atoms with Gasteiger partial charge >= 0.3 is 6.09 Å². The largest absolute Gasteiger partial charge is 0.453 e. The number of hydrogen-bond donors (Lipinski definition) is 2. The molecule has 1 aliphatic heterocycles. The lowest BCUT2D eigenvalue weighted by atomic mass is 9.78. The number of allylic oxidation sites excluding steroid dienone is 3. The second-order valence-corrected chi connectivity index (χ2v) is 11.9. The SMILES string of the molecule is C=C(/C(=C\C)c1ccc(-c2cnc(C3CCCN3C=O)[nH]2)c2c1C1CCC2C1)C(CC)CC.COC(=O)NC(C)C. The molecule has 3 unspecified atom stereocenters. The van der Waals surface area contributed by atoms with Crippen molar-refractivity contribution < 1.29 is 14.3 Å². The Kier molecular flexibility index (Phi) is 10.1. The summed E-state index contributed by atoms with van der Waals surface area (Å²) < 4.78 is 4.31. The Morgan fingerprint density at radius 3 is 2.49 bits per heavy atom. The number of carbonyl (C=O) groups is 2. The van der Waals surface area contributed by atoms with E-state index in [2.05, 4.69) is 60.6 Å². The van der Waals surface area contributed by atoms with Crippen LogP contribution in [0.15, 0.2) is 36.6 Å². The predicted molar refractivity (Wildman–Crippen MR) is 166 cm³/mol. The first kappa shape index (κ1) is 30.6. The predicted octanol–water partition coefficient (Wildman–Crippen LogP) is 7.88. The summed E-state index contributed by atoms with van der Waals surface area (Å²) in [4.78, 5) is 31.9. The number of aromatic nitrogens is 2. The number of amides is 2. The molecule has 3 atom stereocenters. The third-order valence-corrected chi connectivity index (χ3v) is 9.16. The number of aromatic amines is 1. The molecule has 2 heterocycles. The number of nitrogens with zero attached hydrogens (tertiary/aromatic N) is 2. The number of carbonyl (C=O) groups excluding carboxylic acids is 2. The van der Waals surface area contributed by atoms with Gasteiger partial charge in [-0.05, 0) is 111 Å². The molecule has 3 aliphatic rings. The second kappa shape index (κ2) is 13.5. The average molecular weight is 561 g/mol. The van der Waals surface area contributed by atoms with Gasteiger partial charge < -0.3 is 19.9 Å². The van der Waals surface area contributed by atoms with Gasteiger partial charge in [0.15, 0.2) is 0 Å². The molecular formula is C34H48N4O3. The molecule has 1 aromatic carbocycles. The Morgan fingerprint density at radius 1 is 1.20 bits per heavy atom. The van der Waals surface area contributed by atoms with Crippen molar-refractivity contribution >= 4 is 18.1 Å². The molecule has 1 aromatic heterocycles. The first-order valence-electron chi connectivity index (χ1n) is 15.4. The fourth-order valence-electron chi connectivity index (χ4n) is 7.15. The number of H-pyrrole nitrogens is 1. The number of benzene rings is 1. The third kappa shape index (κ3) is 6.29. The maximum absolute atomic E-state index is 11.5. The average Bonchev–Trinajstić information content (AvgIpc) is 3.78. The summed E-state index contributed by atoms with van der Waals surface area (Å²) in [6.45, 7) is 15.8. The Bertz CT molecular complexity index is 1270. The zero-order valence-corrected chi connectivity index (χ0v) is 25.8. The summed E-state index contributed by atoms with van der Waals surface area (Å²) in [5.74, 6) is 2.76. The van der Waals surface area contributed by atoms with Crippen LogP contribution in [0.25, 0.3) is 16.8 Å². The highest BCUT2D eigenvalue weighted by molar-refractivity contribution is 5.85. The molecule has 0 radical (unpaired) electrons. The van der Waals surface area contributed by atoms with Gasteiger partial charge in [-0.25, -0.2) is 9.78 Å². The quantitative estimate of drug-likeness (QED) is 0.241. The first-order valence-corrected chi connectivity index (χ1v) is 15.4. The fourth-order valence-corrected chi connectivity index (χ4v) is 7.15. The third-order valence-electron chi connectivity index (χ3n) is 9.16. The van der Waals surface area contributed by atoms with Crippen molar-refractivity contribution in [1.82, 2.24) is 20.2 Å². The van der Waals surface area contributed by atoms with Gasteiger partial charge in [0.25, 0.3) is 0 Å². The van der Waals surface area contributed by atoms with Crippen molar-refractivity contribution in [2.45, 2.75) is 103 Å². The van der Waals surface area contributed by atoms with E-state index in [4.69, 9.17) is 4.98 Å². The Balaban J connectivity index is 0.000000426. The summed E-state index contributed by atoms with van der Waals surface area (Å²) in [5, 5.41) is 2.53. The highest BCUT2D eigenvalue weighted by Gasteiger charge is 2.41. The lowest BCUT2D eigenvalue weighted by Gasteiger charge is -2.26. The number of hydrogen-bond acceptors (Lipinski definition) is 4. The molecule has 0 spiro atoms. The summed E-state index contributed by atoms with van der Waals surface area (Å²) in [7, 11) is 1.34. The van der Waals surface area contributed by atoms with Crippen LogP contribution in [0.2, 0.25) is 0 Å².